The molecule has 1 aliphatic heterocycles. The number of anilines is 1. The SMILES string of the molecule is CCCNC1COCC1C(=O)Nc1ccc(C)cc1Br. The van der Waals surface area contributed by atoms with E-state index in [9.17, 15) is 4.79 Å². The Morgan fingerprint density at radius 2 is 2.25 bits per heavy atom. The summed E-state index contributed by atoms with van der Waals surface area (Å²) in [5.74, 6) is -0.115. The number of carbonyl (C=O) groups excluding carboxylic acids is 1. The minimum absolute atomic E-state index is 0.0145. The van der Waals surface area contributed by atoms with Crippen LogP contribution in [0.25, 0.3) is 0 Å². The van der Waals surface area contributed by atoms with E-state index in [1.807, 2.05) is 25.1 Å². The molecule has 110 valence electrons. The first-order valence-electron chi connectivity index (χ1n) is 7.00. The molecule has 20 heavy (non-hydrogen) atoms. The molecule has 2 unspecified atom stereocenters. The fourth-order valence-corrected chi connectivity index (χ4v) is 2.88. The molecule has 0 bridgehead atoms. The number of benzene rings is 1. The van der Waals surface area contributed by atoms with Crippen LogP contribution >= 0.6 is 15.9 Å². The maximum atomic E-state index is 12.4. The number of amides is 1. The largest absolute Gasteiger partial charge is 0.379 e. The van der Waals surface area contributed by atoms with Gasteiger partial charge >= 0.3 is 0 Å². The van der Waals surface area contributed by atoms with Crippen LogP contribution in [0.15, 0.2) is 22.7 Å². The van der Waals surface area contributed by atoms with Gasteiger partial charge in [-0.05, 0) is 53.5 Å². The summed E-state index contributed by atoms with van der Waals surface area (Å²) in [5, 5.41) is 6.35. The Labute approximate surface area is 128 Å². The zero-order chi connectivity index (χ0) is 14.5. The van der Waals surface area contributed by atoms with Crippen LogP contribution in [-0.4, -0.2) is 31.7 Å². The third kappa shape index (κ3) is 3.81. The van der Waals surface area contributed by atoms with Crippen molar-refractivity contribution < 1.29 is 9.53 Å². The summed E-state index contributed by atoms with van der Waals surface area (Å²) in [4.78, 5) is 12.4. The van der Waals surface area contributed by atoms with Crippen LogP contribution < -0.4 is 10.6 Å². The molecule has 1 heterocycles. The van der Waals surface area contributed by atoms with Crippen LogP contribution in [0.2, 0.25) is 0 Å². The molecule has 1 aromatic rings. The molecule has 1 aromatic carbocycles. The van der Waals surface area contributed by atoms with Crippen molar-refractivity contribution in [1.29, 1.82) is 0 Å². The number of carbonyl (C=O) groups is 1. The molecular formula is C15H21BrN2O2. The van der Waals surface area contributed by atoms with Crippen LogP contribution in [0.1, 0.15) is 18.9 Å². The topological polar surface area (TPSA) is 50.4 Å². The fourth-order valence-electron chi connectivity index (χ4n) is 2.29. The van der Waals surface area contributed by atoms with E-state index in [0.717, 1.165) is 28.7 Å². The smallest absolute Gasteiger partial charge is 0.231 e. The van der Waals surface area contributed by atoms with E-state index < -0.39 is 0 Å². The van der Waals surface area contributed by atoms with E-state index in [0.29, 0.717) is 13.2 Å². The monoisotopic (exact) mass is 340 g/mol. The zero-order valence-electron chi connectivity index (χ0n) is 11.9. The molecule has 4 nitrogen and oxygen atoms in total. The van der Waals surface area contributed by atoms with Crippen molar-refractivity contribution in [2.75, 3.05) is 25.1 Å². The lowest BCUT2D eigenvalue weighted by Gasteiger charge is -2.19. The summed E-state index contributed by atoms with van der Waals surface area (Å²) in [6.07, 6.45) is 1.05. The van der Waals surface area contributed by atoms with Gasteiger partial charge in [-0.1, -0.05) is 13.0 Å². The first-order valence-corrected chi connectivity index (χ1v) is 7.79. The number of rotatable bonds is 5. The Balaban J connectivity index is 2.00. The van der Waals surface area contributed by atoms with Crippen molar-refractivity contribution in [3.05, 3.63) is 28.2 Å². The molecule has 2 atom stereocenters. The fraction of sp³-hybridized carbons (Fsp3) is 0.533. The summed E-state index contributed by atoms with van der Waals surface area (Å²) >= 11 is 3.48. The van der Waals surface area contributed by atoms with Crippen molar-refractivity contribution in [2.24, 2.45) is 5.92 Å². The third-order valence-electron chi connectivity index (χ3n) is 3.46. The second-order valence-electron chi connectivity index (χ2n) is 5.18. The average molecular weight is 341 g/mol. The highest BCUT2D eigenvalue weighted by atomic mass is 79.9. The van der Waals surface area contributed by atoms with Gasteiger partial charge in [0, 0.05) is 10.5 Å². The van der Waals surface area contributed by atoms with Crippen molar-refractivity contribution in [2.45, 2.75) is 26.3 Å². The number of ether oxygens (including phenoxy) is 1. The van der Waals surface area contributed by atoms with E-state index in [1.165, 1.54) is 0 Å². The average Bonchev–Trinajstić information content (AvgIpc) is 2.88. The third-order valence-corrected chi connectivity index (χ3v) is 4.11. The number of hydrogen-bond donors (Lipinski definition) is 2. The maximum Gasteiger partial charge on any atom is 0.231 e. The number of hydrogen-bond acceptors (Lipinski definition) is 3. The summed E-state index contributed by atoms with van der Waals surface area (Å²) in [7, 11) is 0. The van der Waals surface area contributed by atoms with Gasteiger partial charge < -0.3 is 15.4 Å². The second kappa shape index (κ2) is 7.20. The molecule has 5 heteroatoms. The predicted octanol–water partition coefficient (Wildman–Crippen LogP) is 2.71. The lowest BCUT2D eigenvalue weighted by atomic mass is 10.0. The first kappa shape index (κ1) is 15.5. The van der Waals surface area contributed by atoms with Gasteiger partial charge in [-0.15, -0.1) is 0 Å². The van der Waals surface area contributed by atoms with Gasteiger partial charge in [0.05, 0.1) is 24.8 Å². The van der Waals surface area contributed by atoms with Gasteiger partial charge in [-0.3, -0.25) is 4.79 Å². The van der Waals surface area contributed by atoms with E-state index in [-0.39, 0.29) is 17.9 Å². The molecule has 0 radical (unpaired) electrons. The second-order valence-corrected chi connectivity index (χ2v) is 6.03. The highest BCUT2D eigenvalue weighted by molar-refractivity contribution is 9.10. The van der Waals surface area contributed by atoms with E-state index in [2.05, 4.69) is 33.5 Å². The van der Waals surface area contributed by atoms with E-state index >= 15 is 0 Å². The zero-order valence-corrected chi connectivity index (χ0v) is 13.5. The molecule has 1 saturated heterocycles. The summed E-state index contributed by atoms with van der Waals surface area (Å²) in [6, 6.07) is 6.01. The summed E-state index contributed by atoms with van der Waals surface area (Å²) in [5.41, 5.74) is 1.96. The normalized spacial score (nSPS) is 21.9. The maximum absolute atomic E-state index is 12.4. The Bertz CT molecular complexity index is 479. The summed E-state index contributed by atoms with van der Waals surface area (Å²) < 4.78 is 6.35. The van der Waals surface area contributed by atoms with Crippen LogP contribution in [0.4, 0.5) is 5.69 Å². The Kier molecular flexibility index (Phi) is 5.57. The highest BCUT2D eigenvalue weighted by Crippen LogP contribution is 2.25. The molecule has 0 saturated carbocycles. The van der Waals surface area contributed by atoms with Crippen molar-refractivity contribution in [3.8, 4) is 0 Å². The first-order chi connectivity index (χ1) is 9.61. The quantitative estimate of drug-likeness (QED) is 0.866. The Hall–Kier alpha value is -0.910. The van der Waals surface area contributed by atoms with Crippen molar-refractivity contribution in [1.82, 2.24) is 5.32 Å². The standard InChI is InChI=1S/C15H21BrN2O2/c1-3-6-17-14-9-20-8-11(14)15(19)18-13-5-4-10(2)7-12(13)16/h4-5,7,11,14,17H,3,6,8-9H2,1-2H3,(H,18,19). The van der Waals surface area contributed by atoms with Crippen LogP contribution in [0, 0.1) is 12.8 Å². The van der Waals surface area contributed by atoms with E-state index in [4.69, 9.17) is 4.74 Å². The highest BCUT2D eigenvalue weighted by Gasteiger charge is 2.33. The van der Waals surface area contributed by atoms with E-state index in [1.54, 1.807) is 0 Å². The molecule has 0 spiro atoms. The Morgan fingerprint density at radius 1 is 1.45 bits per heavy atom. The molecular weight excluding hydrogens is 320 g/mol. The van der Waals surface area contributed by atoms with Gasteiger partial charge in [0.1, 0.15) is 0 Å². The van der Waals surface area contributed by atoms with Gasteiger partial charge in [-0.25, -0.2) is 0 Å². The molecule has 2 N–H and O–H groups in total. The number of nitrogens with one attached hydrogen (secondary N) is 2. The molecule has 1 fully saturated rings. The van der Waals surface area contributed by atoms with Crippen LogP contribution in [-0.2, 0) is 9.53 Å². The molecule has 1 aliphatic rings. The van der Waals surface area contributed by atoms with Crippen molar-refractivity contribution >= 4 is 27.5 Å². The predicted molar refractivity (Wildman–Crippen MR) is 83.9 cm³/mol. The van der Waals surface area contributed by atoms with Crippen LogP contribution in [0.5, 0.6) is 0 Å². The van der Waals surface area contributed by atoms with Crippen LogP contribution in [0.3, 0.4) is 0 Å². The number of aryl methyl sites for hydroxylation is 1. The minimum atomic E-state index is -0.130. The minimum Gasteiger partial charge on any atom is -0.379 e. The van der Waals surface area contributed by atoms with Gasteiger partial charge in [-0.2, -0.15) is 0 Å². The Morgan fingerprint density at radius 3 is 2.95 bits per heavy atom. The number of halogens is 1. The summed E-state index contributed by atoms with van der Waals surface area (Å²) in [6.45, 7) is 6.13. The lowest BCUT2D eigenvalue weighted by Crippen LogP contribution is -2.41. The van der Waals surface area contributed by atoms with Gasteiger partial charge in [0.15, 0.2) is 0 Å². The molecule has 2 rings (SSSR count). The molecule has 0 aromatic heterocycles. The van der Waals surface area contributed by atoms with Gasteiger partial charge in [0.2, 0.25) is 5.91 Å². The van der Waals surface area contributed by atoms with Crippen molar-refractivity contribution in [3.63, 3.8) is 0 Å². The molecule has 0 aliphatic carbocycles. The van der Waals surface area contributed by atoms with Gasteiger partial charge in [0.25, 0.3) is 0 Å². The lowest BCUT2D eigenvalue weighted by molar-refractivity contribution is -0.120. The molecule has 1 amide bonds.